The Bertz CT molecular complexity index is 493. The SMILES string of the molecule is COCCN(CC(=O)O)C(=O)Nc1cc(Cl)ccc1C. The Hall–Kier alpha value is -1.79. The Morgan fingerprint density at radius 2 is 2.15 bits per heavy atom. The summed E-state index contributed by atoms with van der Waals surface area (Å²) in [4.78, 5) is 24.0. The average Bonchev–Trinajstić information content (AvgIpc) is 2.38. The fraction of sp³-hybridized carbons (Fsp3) is 0.385. The van der Waals surface area contributed by atoms with Gasteiger partial charge in [0, 0.05) is 24.4 Å². The molecule has 1 aromatic carbocycles. The lowest BCUT2D eigenvalue weighted by Gasteiger charge is -2.21. The van der Waals surface area contributed by atoms with E-state index in [9.17, 15) is 9.59 Å². The molecule has 0 aliphatic rings. The molecule has 0 fully saturated rings. The summed E-state index contributed by atoms with van der Waals surface area (Å²) < 4.78 is 4.86. The standard InChI is InChI=1S/C13H17ClN2O4/c1-9-3-4-10(14)7-11(9)15-13(19)16(5-6-20-2)8-12(17)18/h3-4,7H,5-6,8H2,1-2H3,(H,15,19)(H,17,18). The molecular weight excluding hydrogens is 284 g/mol. The number of carbonyl (C=O) groups is 2. The summed E-state index contributed by atoms with van der Waals surface area (Å²) >= 11 is 5.87. The third-order valence-corrected chi connectivity index (χ3v) is 2.85. The summed E-state index contributed by atoms with van der Waals surface area (Å²) in [5.74, 6) is -1.08. The number of nitrogens with zero attached hydrogens (tertiary/aromatic N) is 1. The van der Waals surface area contributed by atoms with Crippen LogP contribution in [0.5, 0.6) is 0 Å². The molecule has 7 heteroatoms. The number of rotatable bonds is 6. The second-order valence-corrected chi connectivity index (χ2v) is 4.63. The highest BCUT2D eigenvalue weighted by molar-refractivity contribution is 6.31. The normalized spacial score (nSPS) is 10.2. The zero-order chi connectivity index (χ0) is 15.1. The van der Waals surface area contributed by atoms with Crippen LogP contribution < -0.4 is 5.32 Å². The molecule has 110 valence electrons. The van der Waals surface area contributed by atoms with Gasteiger partial charge in [0.15, 0.2) is 0 Å². The Balaban J connectivity index is 2.78. The molecule has 0 saturated heterocycles. The van der Waals surface area contributed by atoms with Crippen molar-refractivity contribution in [3.8, 4) is 0 Å². The monoisotopic (exact) mass is 300 g/mol. The molecular formula is C13H17ClN2O4. The number of anilines is 1. The van der Waals surface area contributed by atoms with Gasteiger partial charge in [-0.25, -0.2) is 4.79 Å². The molecule has 1 aromatic rings. The molecule has 0 unspecified atom stereocenters. The van der Waals surface area contributed by atoms with Gasteiger partial charge in [0.1, 0.15) is 6.54 Å². The first-order chi connectivity index (χ1) is 9.43. The number of carboxylic acids is 1. The molecule has 0 radical (unpaired) electrons. The van der Waals surface area contributed by atoms with Crippen molar-refractivity contribution in [3.63, 3.8) is 0 Å². The van der Waals surface area contributed by atoms with E-state index in [-0.39, 0.29) is 13.2 Å². The van der Waals surface area contributed by atoms with Crippen molar-refractivity contribution in [2.24, 2.45) is 0 Å². The topological polar surface area (TPSA) is 78.9 Å². The molecule has 0 aliphatic carbocycles. The van der Waals surface area contributed by atoms with Crippen molar-refractivity contribution in [2.75, 3.05) is 32.1 Å². The molecule has 0 saturated carbocycles. The van der Waals surface area contributed by atoms with E-state index in [1.54, 1.807) is 18.2 Å². The highest BCUT2D eigenvalue weighted by Crippen LogP contribution is 2.20. The van der Waals surface area contributed by atoms with E-state index in [0.29, 0.717) is 10.7 Å². The van der Waals surface area contributed by atoms with Gasteiger partial charge < -0.3 is 20.1 Å². The molecule has 20 heavy (non-hydrogen) atoms. The third kappa shape index (κ3) is 5.07. The quantitative estimate of drug-likeness (QED) is 0.844. The Morgan fingerprint density at radius 1 is 1.45 bits per heavy atom. The van der Waals surface area contributed by atoms with Crippen LogP contribution in [0, 0.1) is 6.92 Å². The molecule has 1 rings (SSSR count). The first-order valence-corrected chi connectivity index (χ1v) is 6.34. The van der Waals surface area contributed by atoms with E-state index in [2.05, 4.69) is 5.32 Å². The Kier molecular flexibility index (Phi) is 6.27. The number of methoxy groups -OCH3 is 1. The summed E-state index contributed by atoms with van der Waals surface area (Å²) in [6.45, 7) is 1.88. The number of aliphatic carboxylic acids is 1. The molecule has 2 N–H and O–H groups in total. The van der Waals surface area contributed by atoms with Gasteiger partial charge in [0.25, 0.3) is 0 Å². The van der Waals surface area contributed by atoms with Crippen LogP contribution in [0.15, 0.2) is 18.2 Å². The zero-order valence-corrected chi connectivity index (χ0v) is 12.1. The molecule has 0 heterocycles. The zero-order valence-electron chi connectivity index (χ0n) is 11.4. The van der Waals surface area contributed by atoms with Crippen LogP contribution in [0.1, 0.15) is 5.56 Å². The number of amides is 2. The molecule has 0 spiro atoms. The van der Waals surface area contributed by atoms with Gasteiger partial charge in [0.05, 0.1) is 6.61 Å². The van der Waals surface area contributed by atoms with E-state index in [1.807, 2.05) is 6.92 Å². The first-order valence-electron chi connectivity index (χ1n) is 5.97. The number of ether oxygens (including phenoxy) is 1. The van der Waals surface area contributed by atoms with E-state index < -0.39 is 18.5 Å². The minimum absolute atomic E-state index is 0.189. The fourth-order valence-corrected chi connectivity index (χ4v) is 1.71. The lowest BCUT2D eigenvalue weighted by atomic mass is 10.2. The summed E-state index contributed by atoms with van der Waals surface area (Å²) in [5.41, 5.74) is 1.39. The van der Waals surface area contributed by atoms with E-state index in [4.69, 9.17) is 21.4 Å². The van der Waals surface area contributed by atoms with Crippen molar-refractivity contribution in [2.45, 2.75) is 6.92 Å². The van der Waals surface area contributed by atoms with Crippen molar-refractivity contribution in [3.05, 3.63) is 28.8 Å². The van der Waals surface area contributed by atoms with Crippen LogP contribution in [0.25, 0.3) is 0 Å². The predicted octanol–water partition coefficient (Wildman–Crippen LogP) is 2.21. The molecule has 0 bridgehead atoms. The minimum Gasteiger partial charge on any atom is -0.480 e. The van der Waals surface area contributed by atoms with Crippen molar-refractivity contribution >= 4 is 29.3 Å². The van der Waals surface area contributed by atoms with Gasteiger partial charge in [-0.2, -0.15) is 0 Å². The van der Waals surface area contributed by atoms with Crippen LogP contribution in [0.2, 0.25) is 5.02 Å². The fourth-order valence-electron chi connectivity index (χ4n) is 1.54. The number of hydrogen-bond donors (Lipinski definition) is 2. The van der Waals surface area contributed by atoms with Gasteiger partial charge in [-0.15, -0.1) is 0 Å². The number of halogens is 1. The van der Waals surface area contributed by atoms with Crippen molar-refractivity contribution in [1.29, 1.82) is 0 Å². The summed E-state index contributed by atoms with van der Waals surface area (Å²) in [6, 6.07) is 4.60. The summed E-state index contributed by atoms with van der Waals surface area (Å²) in [6.07, 6.45) is 0. The third-order valence-electron chi connectivity index (χ3n) is 2.62. The van der Waals surface area contributed by atoms with Crippen LogP contribution >= 0.6 is 11.6 Å². The largest absolute Gasteiger partial charge is 0.480 e. The van der Waals surface area contributed by atoms with Crippen molar-refractivity contribution < 1.29 is 19.4 Å². The maximum atomic E-state index is 12.1. The molecule has 2 amide bonds. The predicted molar refractivity (Wildman–Crippen MR) is 76.3 cm³/mol. The number of benzene rings is 1. The van der Waals surface area contributed by atoms with Crippen LogP contribution in [0.4, 0.5) is 10.5 Å². The molecule has 0 atom stereocenters. The Labute approximate surface area is 122 Å². The minimum atomic E-state index is -1.08. The van der Waals surface area contributed by atoms with E-state index in [0.717, 1.165) is 10.5 Å². The second kappa shape index (κ2) is 7.72. The number of aryl methyl sites for hydroxylation is 1. The number of urea groups is 1. The van der Waals surface area contributed by atoms with Gasteiger partial charge in [-0.05, 0) is 24.6 Å². The maximum absolute atomic E-state index is 12.1. The average molecular weight is 301 g/mol. The number of hydrogen-bond acceptors (Lipinski definition) is 3. The summed E-state index contributed by atoms with van der Waals surface area (Å²) in [5, 5.41) is 12.0. The highest BCUT2D eigenvalue weighted by Gasteiger charge is 2.17. The maximum Gasteiger partial charge on any atom is 0.323 e. The molecule has 6 nitrogen and oxygen atoms in total. The van der Waals surface area contributed by atoms with Crippen LogP contribution in [-0.4, -0.2) is 48.8 Å². The van der Waals surface area contributed by atoms with Crippen molar-refractivity contribution in [1.82, 2.24) is 4.90 Å². The lowest BCUT2D eigenvalue weighted by molar-refractivity contribution is -0.137. The number of carbonyl (C=O) groups excluding carboxylic acids is 1. The van der Waals surface area contributed by atoms with Gasteiger partial charge in [0.2, 0.25) is 0 Å². The van der Waals surface area contributed by atoms with E-state index >= 15 is 0 Å². The first kappa shape index (κ1) is 16.3. The smallest absolute Gasteiger partial charge is 0.323 e. The van der Waals surface area contributed by atoms with E-state index in [1.165, 1.54) is 7.11 Å². The van der Waals surface area contributed by atoms with Gasteiger partial charge in [-0.1, -0.05) is 17.7 Å². The van der Waals surface area contributed by atoms with Crippen LogP contribution in [-0.2, 0) is 9.53 Å². The lowest BCUT2D eigenvalue weighted by Crippen LogP contribution is -2.40. The van der Waals surface area contributed by atoms with Gasteiger partial charge >= 0.3 is 12.0 Å². The number of carboxylic acid groups (broad SMARTS) is 1. The summed E-state index contributed by atoms with van der Waals surface area (Å²) in [7, 11) is 1.48. The highest BCUT2D eigenvalue weighted by atomic mass is 35.5. The Morgan fingerprint density at radius 3 is 2.75 bits per heavy atom. The van der Waals surface area contributed by atoms with Crippen LogP contribution in [0.3, 0.4) is 0 Å². The van der Waals surface area contributed by atoms with Gasteiger partial charge in [-0.3, -0.25) is 4.79 Å². The molecule has 0 aromatic heterocycles. The molecule has 0 aliphatic heterocycles. The number of nitrogens with one attached hydrogen (secondary N) is 1. The second-order valence-electron chi connectivity index (χ2n) is 4.20.